The summed E-state index contributed by atoms with van der Waals surface area (Å²) in [5.74, 6) is -2.14. The molecule has 0 N–H and O–H groups in total. The van der Waals surface area contributed by atoms with Crippen molar-refractivity contribution in [2.75, 3.05) is 9.80 Å². The first-order valence-electron chi connectivity index (χ1n) is 26.6. The van der Waals surface area contributed by atoms with Gasteiger partial charge in [-0.3, -0.25) is 0 Å². The molecule has 382 valence electrons. The van der Waals surface area contributed by atoms with Crippen LogP contribution in [0.2, 0.25) is 0 Å². The molecular formula is C70H52F4N2S2. The van der Waals surface area contributed by atoms with Crippen molar-refractivity contribution in [3.05, 3.63) is 262 Å². The molecule has 14 rings (SSSR count). The van der Waals surface area contributed by atoms with Crippen LogP contribution in [-0.2, 0) is 10.8 Å². The van der Waals surface area contributed by atoms with Gasteiger partial charge in [-0.25, -0.2) is 17.6 Å². The van der Waals surface area contributed by atoms with E-state index in [4.69, 9.17) is 0 Å². The SMILES string of the molecule is CC(C)c1cccc2c1sc1c(N(c3cc(F)cc(F)c3)c3ccc4c(c3)C3(c5cc(N(c6cc(F)cc(F)c6)c6cccc7c6sc6c(C(C)C)cccc67)ccc5-4)c4ccccc4C(C)(C)c4ccccc43)cccc12. The largest absolute Gasteiger partial charge is 0.309 e. The van der Waals surface area contributed by atoms with Crippen LogP contribution in [0.25, 0.3) is 51.5 Å². The maximum absolute atomic E-state index is 15.8. The Bertz CT molecular complexity index is 4140. The fourth-order valence-corrected chi connectivity index (χ4v) is 16.2. The molecule has 2 aliphatic carbocycles. The number of nitrogens with zero attached hydrogens (tertiary/aromatic N) is 2. The predicted octanol–water partition coefficient (Wildman–Crippen LogP) is 21.2. The van der Waals surface area contributed by atoms with E-state index in [9.17, 15) is 0 Å². The van der Waals surface area contributed by atoms with E-state index in [1.54, 1.807) is 22.7 Å². The first-order chi connectivity index (χ1) is 37.7. The fourth-order valence-electron chi connectivity index (χ4n) is 13.3. The Morgan fingerprint density at radius 1 is 0.346 bits per heavy atom. The van der Waals surface area contributed by atoms with E-state index < -0.39 is 34.1 Å². The molecule has 2 aliphatic rings. The molecule has 0 aliphatic heterocycles. The lowest BCUT2D eigenvalue weighted by Gasteiger charge is -2.47. The van der Waals surface area contributed by atoms with Gasteiger partial charge in [0.25, 0.3) is 0 Å². The monoisotopic (exact) mass is 1060 g/mol. The van der Waals surface area contributed by atoms with E-state index in [0.29, 0.717) is 11.4 Å². The van der Waals surface area contributed by atoms with Gasteiger partial charge < -0.3 is 9.80 Å². The molecule has 2 nitrogen and oxygen atoms in total. The zero-order valence-corrected chi connectivity index (χ0v) is 45.5. The number of halogens is 4. The average molecular weight is 1060 g/mol. The summed E-state index contributed by atoms with van der Waals surface area (Å²) in [6, 6.07) is 63.3. The number of anilines is 6. The third-order valence-corrected chi connectivity index (χ3v) is 19.2. The zero-order valence-electron chi connectivity index (χ0n) is 43.9. The second-order valence-electron chi connectivity index (χ2n) is 22.1. The maximum Gasteiger partial charge on any atom is 0.128 e. The van der Waals surface area contributed by atoms with Gasteiger partial charge in [0.1, 0.15) is 23.3 Å². The molecule has 0 fully saturated rings. The summed E-state index contributed by atoms with van der Waals surface area (Å²) in [6.45, 7) is 13.4. The molecule has 0 atom stereocenters. The Kier molecular flexibility index (Phi) is 11.0. The van der Waals surface area contributed by atoms with Crippen molar-refractivity contribution in [2.24, 2.45) is 0 Å². The summed E-state index contributed by atoms with van der Waals surface area (Å²) >= 11 is 3.43. The van der Waals surface area contributed by atoms with Crippen molar-refractivity contribution < 1.29 is 17.6 Å². The lowest BCUT2D eigenvalue weighted by atomic mass is 9.55. The standard InChI is InChI=1S/C70H52F4N2S2/c1-39(2)49-15-11-17-53-55-19-13-25-63(67(55)77-65(49)53)75(47-33-41(71)31-42(72)34-47)45-27-29-51-52-30-28-46(38-62(52)70(61(51)37-45)59-23-9-7-21-57(59)69(5,6)58-22-8-10-24-60(58)70)76(48-35-43(73)32-44(74)36-48)64-26-14-20-56-54-18-12-16-50(40(3)4)66(54)78-68(56)64/h7-40H,1-6H3. The minimum Gasteiger partial charge on any atom is -0.309 e. The van der Waals surface area contributed by atoms with Gasteiger partial charge in [-0.05, 0) is 128 Å². The van der Waals surface area contributed by atoms with Gasteiger partial charge in [0, 0.05) is 59.9 Å². The van der Waals surface area contributed by atoms with Crippen LogP contribution in [0.15, 0.2) is 194 Å². The van der Waals surface area contributed by atoms with Crippen molar-refractivity contribution in [3.8, 4) is 11.1 Å². The maximum atomic E-state index is 15.8. The van der Waals surface area contributed by atoms with E-state index >= 15 is 17.6 Å². The first kappa shape index (κ1) is 48.3. The van der Waals surface area contributed by atoms with Gasteiger partial charge >= 0.3 is 0 Å². The molecule has 2 aromatic heterocycles. The molecule has 2 heterocycles. The van der Waals surface area contributed by atoms with E-state index in [-0.39, 0.29) is 11.8 Å². The third kappa shape index (κ3) is 7.05. The Hall–Kier alpha value is -8.04. The number of rotatable bonds is 8. The van der Waals surface area contributed by atoms with Crippen LogP contribution in [0.3, 0.4) is 0 Å². The molecular weight excluding hydrogens is 1010 g/mol. The van der Waals surface area contributed by atoms with E-state index in [2.05, 4.69) is 187 Å². The number of hydrogen-bond donors (Lipinski definition) is 0. The summed E-state index contributed by atoms with van der Waals surface area (Å²) in [5, 5.41) is 4.43. The highest BCUT2D eigenvalue weighted by Gasteiger charge is 2.54. The summed E-state index contributed by atoms with van der Waals surface area (Å²) in [4.78, 5) is 4.03. The Morgan fingerprint density at radius 3 is 1.09 bits per heavy atom. The van der Waals surface area contributed by atoms with Crippen molar-refractivity contribution in [3.63, 3.8) is 0 Å². The minimum absolute atomic E-state index is 0.282. The number of hydrogen-bond acceptors (Lipinski definition) is 4. The van der Waals surface area contributed by atoms with Crippen LogP contribution in [-0.4, -0.2) is 0 Å². The highest BCUT2D eigenvalue weighted by atomic mass is 32.1. The van der Waals surface area contributed by atoms with Gasteiger partial charge in [-0.15, -0.1) is 22.7 Å². The molecule has 0 amide bonds. The van der Waals surface area contributed by atoms with Crippen LogP contribution in [0, 0.1) is 23.3 Å². The second kappa shape index (κ2) is 17.7. The van der Waals surface area contributed by atoms with Gasteiger partial charge in [0.15, 0.2) is 0 Å². The highest BCUT2D eigenvalue weighted by molar-refractivity contribution is 7.27. The molecule has 0 unspecified atom stereocenters. The Morgan fingerprint density at radius 2 is 0.705 bits per heavy atom. The molecule has 1 spiro atoms. The molecule has 78 heavy (non-hydrogen) atoms. The molecule has 12 aromatic rings. The second-order valence-corrected chi connectivity index (χ2v) is 24.2. The molecule has 0 bridgehead atoms. The summed E-state index contributed by atoms with van der Waals surface area (Å²) in [7, 11) is 0. The summed E-state index contributed by atoms with van der Waals surface area (Å²) in [5.41, 5.74) is 13.5. The normalized spacial score (nSPS) is 13.9. The number of fused-ring (bicyclic) bond motifs is 15. The number of benzene rings is 10. The third-order valence-electron chi connectivity index (χ3n) is 16.6. The van der Waals surface area contributed by atoms with Crippen LogP contribution >= 0.6 is 22.7 Å². The van der Waals surface area contributed by atoms with Crippen molar-refractivity contribution in [1.82, 2.24) is 0 Å². The lowest BCUT2D eigenvalue weighted by Crippen LogP contribution is -2.40. The average Bonchev–Trinajstić information content (AvgIpc) is 2.61. The van der Waals surface area contributed by atoms with E-state index in [1.165, 1.54) is 55.9 Å². The molecule has 10 aromatic carbocycles. The van der Waals surface area contributed by atoms with Crippen LogP contribution in [0.1, 0.15) is 97.9 Å². The van der Waals surface area contributed by atoms with Gasteiger partial charge in [0.2, 0.25) is 0 Å². The molecule has 0 saturated carbocycles. The van der Waals surface area contributed by atoms with E-state index in [1.807, 2.05) is 21.9 Å². The molecule has 8 heteroatoms. The van der Waals surface area contributed by atoms with Gasteiger partial charge in [-0.1, -0.05) is 163 Å². The number of thiophene rings is 2. The van der Waals surface area contributed by atoms with Crippen LogP contribution in [0.5, 0.6) is 0 Å². The summed E-state index contributed by atoms with van der Waals surface area (Å²) < 4.78 is 67.6. The molecule has 0 radical (unpaired) electrons. The lowest BCUT2D eigenvalue weighted by molar-refractivity contribution is 0.563. The van der Waals surface area contributed by atoms with Crippen molar-refractivity contribution in [2.45, 2.75) is 64.2 Å². The first-order valence-corrected chi connectivity index (χ1v) is 28.3. The van der Waals surface area contributed by atoms with Gasteiger partial charge in [0.05, 0.1) is 37.6 Å². The van der Waals surface area contributed by atoms with Gasteiger partial charge in [-0.2, -0.15) is 0 Å². The quantitative estimate of drug-likeness (QED) is 0.140. The fraction of sp³-hybridized carbons (Fsp3) is 0.143. The Balaban J connectivity index is 1.07. The van der Waals surface area contributed by atoms with Crippen molar-refractivity contribution >= 4 is 97.1 Å². The topological polar surface area (TPSA) is 6.48 Å². The zero-order chi connectivity index (χ0) is 53.5. The minimum atomic E-state index is -0.956. The van der Waals surface area contributed by atoms with Crippen molar-refractivity contribution in [1.29, 1.82) is 0 Å². The Labute approximate surface area is 459 Å². The molecule has 0 saturated heterocycles. The predicted molar refractivity (Wildman–Crippen MR) is 319 cm³/mol. The highest BCUT2D eigenvalue weighted by Crippen LogP contribution is 2.64. The summed E-state index contributed by atoms with van der Waals surface area (Å²) in [6.07, 6.45) is 0. The van der Waals surface area contributed by atoms with Crippen LogP contribution in [0.4, 0.5) is 51.7 Å². The smallest absolute Gasteiger partial charge is 0.128 e. The van der Waals surface area contributed by atoms with E-state index in [0.717, 1.165) is 99.2 Å². The van der Waals surface area contributed by atoms with Crippen LogP contribution < -0.4 is 9.80 Å².